The van der Waals surface area contributed by atoms with Crippen LogP contribution in [0.1, 0.15) is 35.4 Å². The van der Waals surface area contributed by atoms with E-state index in [2.05, 4.69) is 40.7 Å². The fraction of sp³-hybridized carbons (Fsp3) is 0.455. The van der Waals surface area contributed by atoms with Crippen LogP contribution in [0, 0.1) is 6.92 Å². The lowest BCUT2D eigenvalue weighted by Gasteiger charge is -2.12. The molecule has 15 heavy (non-hydrogen) atoms. The van der Waals surface area contributed by atoms with Gasteiger partial charge >= 0.3 is 0 Å². The first-order valence-corrected chi connectivity index (χ1v) is 6.08. The Labute approximate surface area is 93.5 Å². The van der Waals surface area contributed by atoms with Crippen molar-refractivity contribution in [2.75, 3.05) is 0 Å². The Hall–Kier alpha value is -1.16. The minimum atomic E-state index is 0.579. The zero-order valence-electron chi connectivity index (χ0n) is 9.03. The van der Waals surface area contributed by atoms with Crippen LogP contribution in [0.15, 0.2) is 17.6 Å². The fourth-order valence-electron chi connectivity index (χ4n) is 1.80. The molecule has 4 heteroatoms. The molecular weight excluding hydrogens is 206 g/mol. The first-order chi connectivity index (χ1) is 7.31. The van der Waals surface area contributed by atoms with Gasteiger partial charge in [0.2, 0.25) is 0 Å². The summed E-state index contributed by atoms with van der Waals surface area (Å²) in [5, 5.41) is 12.8. The molecule has 0 aliphatic carbocycles. The SMILES string of the molecule is CCC(Cc1cn[nH]n1)c1sccc1C. The monoisotopic (exact) mass is 221 g/mol. The summed E-state index contributed by atoms with van der Waals surface area (Å²) in [6, 6.07) is 2.19. The van der Waals surface area contributed by atoms with E-state index < -0.39 is 0 Å². The van der Waals surface area contributed by atoms with Crippen molar-refractivity contribution in [2.24, 2.45) is 0 Å². The van der Waals surface area contributed by atoms with Crippen molar-refractivity contribution in [1.82, 2.24) is 15.4 Å². The van der Waals surface area contributed by atoms with E-state index in [1.165, 1.54) is 10.4 Å². The fourth-order valence-corrected chi connectivity index (χ4v) is 2.92. The molecule has 1 N–H and O–H groups in total. The Balaban J connectivity index is 2.15. The van der Waals surface area contributed by atoms with Gasteiger partial charge in [0.25, 0.3) is 0 Å². The molecular formula is C11H15N3S. The van der Waals surface area contributed by atoms with Crippen LogP contribution in [0.3, 0.4) is 0 Å². The molecule has 0 aliphatic heterocycles. The standard InChI is InChI=1S/C11H15N3S/c1-3-9(6-10-7-12-14-13-10)11-8(2)4-5-15-11/h4-5,7,9H,3,6H2,1-2H3,(H,12,13,14). The second-order valence-electron chi connectivity index (χ2n) is 3.74. The second kappa shape index (κ2) is 4.57. The molecule has 80 valence electrons. The molecule has 2 aromatic rings. The highest BCUT2D eigenvalue weighted by atomic mass is 32.1. The third-order valence-corrected chi connectivity index (χ3v) is 3.87. The van der Waals surface area contributed by atoms with Gasteiger partial charge < -0.3 is 0 Å². The number of aromatic amines is 1. The van der Waals surface area contributed by atoms with Gasteiger partial charge in [-0.3, -0.25) is 0 Å². The van der Waals surface area contributed by atoms with Crippen molar-refractivity contribution in [3.8, 4) is 0 Å². The summed E-state index contributed by atoms with van der Waals surface area (Å²) in [6.07, 6.45) is 3.94. The van der Waals surface area contributed by atoms with Crippen LogP contribution in [-0.2, 0) is 6.42 Å². The lowest BCUT2D eigenvalue weighted by molar-refractivity contribution is 0.656. The van der Waals surface area contributed by atoms with Crippen molar-refractivity contribution in [1.29, 1.82) is 0 Å². The predicted octanol–water partition coefficient (Wildman–Crippen LogP) is 2.91. The van der Waals surface area contributed by atoms with E-state index in [4.69, 9.17) is 0 Å². The molecule has 0 aliphatic rings. The van der Waals surface area contributed by atoms with Crippen LogP contribution >= 0.6 is 11.3 Å². The minimum Gasteiger partial charge on any atom is -0.198 e. The molecule has 1 unspecified atom stereocenters. The summed E-state index contributed by atoms with van der Waals surface area (Å²) < 4.78 is 0. The van der Waals surface area contributed by atoms with Gasteiger partial charge in [-0.15, -0.1) is 11.3 Å². The maximum Gasteiger partial charge on any atom is 0.0831 e. The number of aromatic nitrogens is 3. The van der Waals surface area contributed by atoms with Gasteiger partial charge in [0, 0.05) is 11.3 Å². The highest BCUT2D eigenvalue weighted by Crippen LogP contribution is 2.30. The first-order valence-electron chi connectivity index (χ1n) is 5.20. The van der Waals surface area contributed by atoms with Gasteiger partial charge in [0.1, 0.15) is 0 Å². The van der Waals surface area contributed by atoms with Crippen LogP contribution in [0.2, 0.25) is 0 Å². The number of hydrogen-bond acceptors (Lipinski definition) is 3. The van der Waals surface area contributed by atoms with E-state index in [-0.39, 0.29) is 0 Å². The second-order valence-corrected chi connectivity index (χ2v) is 4.69. The molecule has 0 spiro atoms. The van der Waals surface area contributed by atoms with Gasteiger partial charge in [0.05, 0.1) is 11.9 Å². The lowest BCUT2D eigenvalue weighted by atomic mass is 9.96. The Bertz CT molecular complexity index is 405. The summed E-state index contributed by atoms with van der Waals surface area (Å²) >= 11 is 1.85. The summed E-state index contributed by atoms with van der Waals surface area (Å²) in [5.74, 6) is 0.579. The molecule has 0 fully saturated rings. The third-order valence-electron chi connectivity index (χ3n) is 2.69. The lowest BCUT2D eigenvalue weighted by Crippen LogP contribution is -2.01. The van der Waals surface area contributed by atoms with Gasteiger partial charge in [-0.1, -0.05) is 6.92 Å². The van der Waals surface area contributed by atoms with E-state index in [0.717, 1.165) is 18.5 Å². The Morgan fingerprint density at radius 3 is 2.93 bits per heavy atom. The molecule has 0 saturated carbocycles. The molecule has 0 radical (unpaired) electrons. The highest BCUT2D eigenvalue weighted by molar-refractivity contribution is 7.10. The third kappa shape index (κ3) is 2.26. The number of H-pyrrole nitrogens is 1. The number of nitrogens with zero attached hydrogens (tertiary/aromatic N) is 2. The molecule has 0 aromatic carbocycles. The van der Waals surface area contributed by atoms with Crippen LogP contribution in [-0.4, -0.2) is 15.4 Å². The van der Waals surface area contributed by atoms with Crippen LogP contribution in [0.25, 0.3) is 0 Å². The average Bonchev–Trinajstić information content (AvgIpc) is 2.85. The number of aryl methyl sites for hydroxylation is 1. The van der Waals surface area contributed by atoms with Gasteiger partial charge in [0.15, 0.2) is 0 Å². The zero-order valence-corrected chi connectivity index (χ0v) is 9.84. The largest absolute Gasteiger partial charge is 0.198 e. The van der Waals surface area contributed by atoms with Gasteiger partial charge in [-0.25, -0.2) is 0 Å². The Morgan fingerprint density at radius 2 is 2.40 bits per heavy atom. The van der Waals surface area contributed by atoms with Crippen molar-refractivity contribution < 1.29 is 0 Å². The first kappa shape index (κ1) is 10.4. The van der Waals surface area contributed by atoms with E-state index >= 15 is 0 Å². The zero-order chi connectivity index (χ0) is 10.7. The van der Waals surface area contributed by atoms with Crippen LogP contribution in [0.4, 0.5) is 0 Å². The predicted molar refractivity (Wildman–Crippen MR) is 62.2 cm³/mol. The quantitative estimate of drug-likeness (QED) is 0.862. The Kier molecular flexibility index (Phi) is 3.16. The van der Waals surface area contributed by atoms with Crippen molar-refractivity contribution in [3.05, 3.63) is 33.8 Å². The molecule has 2 rings (SSSR count). The summed E-state index contributed by atoms with van der Waals surface area (Å²) in [5.41, 5.74) is 2.45. The average molecular weight is 221 g/mol. The number of rotatable bonds is 4. The minimum absolute atomic E-state index is 0.579. The van der Waals surface area contributed by atoms with Crippen LogP contribution < -0.4 is 0 Å². The molecule has 0 bridgehead atoms. The molecule has 1 atom stereocenters. The normalized spacial score (nSPS) is 12.9. The Morgan fingerprint density at radius 1 is 1.53 bits per heavy atom. The van der Waals surface area contributed by atoms with Crippen LogP contribution in [0.5, 0.6) is 0 Å². The molecule has 0 amide bonds. The number of nitrogens with one attached hydrogen (secondary N) is 1. The smallest absolute Gasteiger partial charge is 0.0831 e. The maximum atomic E-state index is 4.11. The molecule has 2 heterocycles. The summed E-state index contributed by atoms with van der Waals surface area (Å²) in [4.78, 5) is 1.49. The van der Waals surface area contributed by atoms with E-state index in [1.807, 2.05) is 17.5 Å². The number of thiophene rings is 1. The summed E-state index contributed by atoms with van der Waals surface area (Å²) in [7, 11) is 0. The highest BCUT2D eigenvalue weighted by Gasteiger charge is 2.15. The van der Waals surface area contributed by atoms with E-state index in [0.29, 0.717) is 5.92 Å². The summed E-state index contributed by atoms with van der Waals surface area (Å²) in [6.45, 7) is 4.40. The maximum absolute atomic E-state index is 4.11. The molecule has 3 nitrogen and oxygen atoms in total. The molecule has 2 aromatic heterocycles. The topological polar surface area (TPSA) is 41.6 Å². The van der Waals surface area contributed by atoms with Crippen molar-refractivity contribution in [2.45, 2.75) is 32.6 Å². The van der Waals surface area contributed by atoms with Crippen molar-refractivity contribution in [3.63, 3.8) is 0 Å². The molecule has 0 saturated heterocycles. The van der Waals surface area contributed by atoms with Crippen molar-refractivity contribution >= 4 is 11.3 Å². The van der Waals surface area contributed by atoms with E-state index in [9.17, 15) is 0 Å². The van der Waals surface area contributed by atoms with Gasteiger partial charge in [-0.2, -0.15) is 15.4 Å². The number of hydrogen-bond donors (Lipinski definition) is 1. The van der Waals surface area contributed by atoms with Gasteiger partial charge in [-0.05, 0) is 36.3 Å². The van der Waals surface area contributed by atoms with E-state index in [1.54, 1.807) is 0 Å².